The number of carbonyl (C=O) groups excluding carboxylic acids is 4. The van der Waals surface area contributed by atoms with E-state index in [2.05, 4.69) is 16.0 Å². The molecule has 3 rings (SSSR count). The highest BCUT2D eigenvalue weighted by atomic mass is 16.5. The van der Waals surface area contributed by atoms with Crippen molar-refractivity contribution in [2.75, 3.05) is 7.11 Å². The van der Waals surface area contributed by atoms with E-state index >= 15 is 0 Å². The van der Waals surface area contributed by atoms with E-state index in [4.69, 9.17) is 10.5 Å². The number of hydrogen-bond acceptors (Lipinski definition) is 6. The minimum Gasteiger partial charge on any atom is -0.467 e. The normalized spacial score (nSPS) is 13.7. The Morgan fingerprint density at radius 1 is 0.619 bits per heavy atom. The molecule has 42 heavy (non-hydrogen) atoms. The third kappa shape index (κ3) is 9.85. The summed E-state index contributed by atoms with van der Waals surface area (Å²) in [5.74, 6) is -2.46. The molecule has 3 aromatic carbocycles. The van der Waals surface area contributed by atoms with Gasteiger partial charge in [0.1, 0.15) is 18.1 Å². The number of ether oxygens (including phenoxy) is 1. The first-order valence-corrected chi connectivity index (χ1v) is 14.0. The van der Waals surface area contributed by atoms with E-state index in [0.717, 1.165) is 16.7 Å². The molecule has 5 N–H and O–H groups in total. The van der Waals surface area contributed by atoms with Gasteiger partial charge in [0, 0.05) is 12.8 Å². The van der Waals surface area contributed by atoms with E-state index < -0.39 is 47.9 Å². The molecule has 0 heterocycles. The summed E-state index contributed by atoms with van der Waals surface area (Å²) in [4.78, 5) is 52.6. The van der Waals surface area contributed by atoms with Crippen LogP contribution in [-0.2, 0) is 43.2 Å². The van der Waals surface area contributed by atoms with Crippen LogP contribution in [0.2, 0.25) is 0 Å². The van der Waals surface area contributed by atoms with Gasteiger partial charge >= 0.3 is 5.97 Å². The van der Waals surface area contributed by atoms with Crippen molar-refractivity contribution in [3.8, 4) is 0 Å². The summed E-state index contributed by atoms with van der Waals surface area (Å²) in [7, 11) is 1.26. The minimum absolute atomic E-state index is 0.196. The van der Waals surface area contributed by atoms with Gasteiger partial charge in [-0.15, -0.1) is 0 Å². The van der Waals surface area contributed by atoms with Gasteiger partial charge in [0.15, 0.2) is 0 Å². The number of hydrogen-bond donors (Lipinski definition) is 4. The number of nitrogens with one attached hydrogen (secondary N) is 3. The van der Waals surface area contributed by atoms with Crippen LogP contribution >= 0.6 is 0 Å². The maximum Gasteiger partial charge on any atom is 0.328 e. The summed E-state index contributed by atoms with van der Waals surface area (Å²) in [5, 5.41) is 8.33. The van der Waals surface area contributed by atoms with Crippen molar-refractivity contribution in [3.63, 3.8) is 0 Å². The Balaban J connectivity index is 1.75. The van der Waals surface area contributed by atoms with Gasteiger partial charge in [0.2, 0.25) is 17.7 Å². The Morgan fingerprint density at radius 3 is 1.50 bits per heavy atom. The predicted molar refractivity (Wildman–Crippen MR) is 161 cm³/mol. The number of amides is 3. The van der Waals surface area contributed by atoms with Gasteiger partial charge in [-0.2, -0.15) is 0 Å². The highest BCUT2D eigenvalue weighted by Gasteiger charge is 2.32. The smallest absolute Gasteiger partial charge is 0.328 e. The number of esters is 1. The molecule has 9 nitrogen and oxygen atoms in total. The first kappa shape index (κ1) is 32.0. The maximum atomic E-state index is 13.6. The Morgan fingerprint density at radius 2 is 1.05 bits per heavy atom. The average Bonchev–Trinajstić information content (AvgIpc) is 2.99. The number of benzene rings is 3. The van der Waals surface area contributed by atoms with Gasteiger partial charge in [-0.1, -0.05) is 105 Å². The highest BCUT2D eigenvalue weighted by molar-refractivity contribution is 5.94. The lowest BCUT2D eigenvalue weighted by Gasteiger charge is -2.27. The first-order valence-electron chi connectivity index (χ1n) is 14.0. The third-order valence-electron chi connectivity index (χ3n) is 6.88. The molecule has 0 aliphatic carbocycles. The van der Waals surface area contributed by atoms with Crippen LogP contribution < -0.4 is 21.7 Å². The second kappa shape index (κ2) is 16.1. The Bertz CT molecular complexity index is 1300. The lowest BCUT2D eigenvalue weighted by molar-refractivity contribution is -0.145. The molecule has 0 fully saturated rings. The monoisotopic (exact) mass is 572 g/mol. The fourth-order valence-corrected chi connectivity index (χ4v) is 4.53. The van der Waals surface area contributed by atoms with Crippen molar-refractivity contribution in [2.45, 2.75) is 57.3 Å². The molecule has 3 aromatic rings. The van der Waals surface area contributed by atoms with Gasteiger partial charge in [-0.3, -0.25) is 14.4 Å². The average molecular weight is 573 g/mol. The van der Waals surface area contributed by atoms with Gasteiger partial charge in [-0.05, 0) is 29.0 Å². The largest absolute Gasteiger partial charge is 0.467 e. The van der Waals surface area contributed by atoms with E-state index in [1.54, 1.807) is 13.8 Å². The van der Waals surface area contributed by atoms with Crippen LogP contribution in [0.25, 0.3) is 0 Å². The molecule has 0 unspecified atom stereocenters. The predicted octanol–water partition coefficient (Wildman–Crippen LogP) is 2.33. The number of nitrogens with two attached hydrogens (primary N) is 1. The van der Waals surface area contributed by atoms with E-state index in [1.807, 2.05) is 91.0 Å². The van der Waals surface area contributed by atoms with E-state index in [9.17, 15) is 19.2 Å². The number of carbonyl (C=O) groups is 4. The van der Waals surface area contributed by atoms with Crippen molar-refractivity contribution in [3.05, 3.63) is 108 Å². The van der Waals surface area contributed by atoms with Crippen LogP contribution in [0, 0.1) is 5.92 Å². The molecule has 222 valence electrons. The summed E-state index contributed by atoms with van der Waals surface area (Å²) >= 11 is 0. The fourth-order valence-electron chi connectivity index (χ4n) is 4.53. The van der Waals surface area contributed by atoms with Gasteiger partial charge in [-0.25, -0.2) is 4.79 Å². The topological polar surface area (TPSA) is 140 Å². The van der Waals surface area contributed by atoms with Crippen molar-refractivity contribution < 1.29 is 23.9 Å². The first-order chi connectivity index (χ1) is 20.2. The van der Waals surface area contributed by atoms with Gasteiger partial charge in [0.25, 0.3) is 0 Å². The van der Waals surface area contributed by atoms with Crippen LogP contribution in [0.4, 0.5) is 0 Å². The highest BCUT2D eigenvalue weighted by Crippen LogP contribution is 2.10. The molecule has 0 saturated carbocycles. The van der Waals surface area contributed by atoms with E-state index in [-0.39, 0.29) is 18.8 Å². The van der Waals surface area contributed by atoms with Crippen molar-refractivity contribution >= 4 is 23.7 Å². The summed E-state index contributed by atoms with van der Waals surface area (Å²) in [5.41, 5.74) is 8.77. The van der Waals surface area contributed by atoms with Crippen LogP contribution in [0.15, 0.2) is 91.0 Å². The Kier molecular flexibility index (Phi) is 12.3. The zero-order chi connectivity index (χ0) is 30.5. The molecule has 3 amide bonds. The number of methoxy groups -OCH3 is 1. The van der Waals surface area contributed by atoms with Crippen LogP contribution in [0.3, 0.4) is 0 Å². The molecule has 0 bridgehead atoms. The summed E-state index contributed by atoms with van der Waals surface area (Å²) in [6, 6.07) is 24.1. The molecular weight excluding hydrogens is 532 g/mol. The van der Waals surface area contributed by atoms with E-state index in [1.165, 1.54) is 7.11 Å². The molecule has 0 aliphatic rings. The lowest BCUT2D eigenvalue weighted by Crippen LogP contribution is -2.59. The molecular formula is C33H40N4O5. The van der Waals surface area contributed by atoms with Crippen LogP contribution in [0.5, 0.6) is 0 Å². The van der Waals surface area contributed by atoms with Gasteiger partial charge in [0.05, 0.1) is 13.2 Å². The van der Waals surface area contributed by atoms with Crippen molar-refractivity contribution in [2.24, 2.45) is 11.7 Å². The molecule has 0 radical (unpaired) electrons. The van der Waals surface area contributed by atoms with Crippen molar-refractivity contribution in [1.29, 1.82) is 0 Å². The lowest BCUT2D eigenvalue weighted by atomic mass is 9.99. The maximum absolute atomic E-state index is 13.6. The van der Waals surface area contributed by atoms with Crippen LogP contribution in [0.1, 0.15) is 30.5 Å². The SMILES string of the molecule is COC(=O)[C@H](Cc1ccccc1)NC(=O)[C@@H](NC(=O)[C@H](Cc1ccccc1)NC(=O)[C@@H](N)Cc1ccccc1)C(C)C. The quantitative estimate of drug-likeness (QED) is 0.219. The molecule has 9 heteroatoms. The molecule has 0 aromatic heterocycles. The van der Waals surface area contributed by atoms with Gasteiger partial charge < -0.3 is 26.4 Å². The second-order valence-corrected chi connectivity index (χ2v) is 10.6. The standard InChI is InChI=1S/C33H40N4O5/c1-22(2)29(32(40)36-28(33(41)42-3)21-25-17-11-6-12-18-25)37-31(39)27(20-24-15-9-5-10-16-24)35-30(38)26(34)19-23-13-7-4-8-14-23/h4-18,22,26-29H,19-21,34H2,1-3H3,(H,35,38)(H,36,40)(H,37,39)/t26-,27-,28-,29-/m0/s1. The van der Waals surface area contributed by atoms with Crippen molar-refractivity contribution in [1.82, 2.24) is 16.0 Å². The zero-order valence-corrected chi connectivity index (χ0v) is 24.3. The number of rotatable bonds is 14. The molecule has 0 spiro atoms. The second-order valence-electron chi connectivity index (χ2n) is 10.6. The molecule has 0 saturated heterocycles. The Labute approximate surface area is 247 Å². The molecule has 0 aliphatic heterocycles. The summed E-state index contributed by atoms with van der Waals surface area (Å²) in [6.45, 7) is 3.57. The Hall–Kier alpha value is -4.50. The molecule has 4 atom stereocenters. The van der Waals surface area contributed by atoms with E-state index in [0.29, 0.717) is 6.42 Å². The third-order valence-corrected chi connectivity index (χ3v) is 6.88. The zero-order valence-electron chi connectivity index (χ0n) is 24.3. The summed E-state index contributed by atoms with van der Waals surface area (Å²) in [6.07, 6.45) is 0.728. The fraction of sp³-hybridized carbons (Fsp3) is 0.333. The summed E-state index contributed by atoms with van der Waals surface area (Å²) < 4.78 is 4.92. The minimum atomic E-state index is -0.989. The van der Waals surface area contributed by atoms with Crippen LogP contribution in [-0.4, -0.2) is 55.0 Å².